The minimum absolute atomic E-state index is 0.0266. The highest BCUT2D eigenvalue weighted by Crippen LogP contribution is 2.65. The molecule has 0 unspecified atom stereocenters. The fourth-order valence-corrected chi connectivity index (χ4v) is 6.92. The van der Waals surface area contributed by atoms with E-state index in [1.807, 2.05) is 6.07 Å². The molecule has 0 aromatic heterocycles. The Morgan fingerprint density at radius 3 is 2.54 bits per heavy atom. The van der Waals surface area contributed by atoms with E-state index in [4.69, 9.17) is 0 Å². The van der Waals surface area contributed by atoms with Crippen LogP contribution in [0.5, 0.6) is 11.5 Å². The van der Waals surface area contributed by atoms with Gasteiger partial charge < -0.3 is 15.5 Å². The summed E-state index contributed by atoms with van der Waals surface area (Å²) in [6.07, 6.45) is 5.76. The molecule has 1 saturated heterocycles. The van der Waals surface area contributed by atoms with Gasteiger partial charge >= 0.3 is 0 Å². The molecular weight excluding hydrogens is 298 g/mol. The van der Waals surface area contributed by atoms with Crippen molar-refractivity contribution in [2.45, 2.75) is 70.8 Å². The molecule has 4 rings (SSSR count). The van der Waals surface area contributed by atoms with Crippen molar-refractivity contribution < 1.29 is 10.2 Å². The molecule has 24 heavy (non-hydrogen) atoms. The Hall–Kier alpha value is -1.22. The molecule has 0 radical (unpaired) electrons. The molecule has 4 atom stereocenters. The molecule has 2 fully saturated rings. The minimum atomic E-state index is 0.0266. The second-order valence-electron chi connectivity index (χ2n) is 9.52. The van der Waals surface area contributed by atoms with Crippen LogP contribution >= 0.6 is 0 Å². The minimum Gasteiger partial charge on any atom is -0.508 e. The topological polar surface area (TPSA) is 52.5 Å². The van der Waals surface area contributed by atoms with Gasteiger partial charge in [-0.3, -0.25) is 0 Å². The smallest absolute Gasteiger partial charge is 0.123 e. The van der Waals surface area contributed by atoms with E-state index in [1.54, 1.807) is 0 Å². The first-order valence-electron chi connectivity index (χ1n) is 9.49. The van der Waals surface area contributed by atoms with Gasteiger partial charge in [-0.15, -0.1) is 0 Å². The fourth-order valence-electron chi connectivity index (χ4n) is 6.92. The van der Waals surface area contributed by atoms with Crippen LogP contribution in [-0.2, 0) is 11.8 Å². The van der Waals surface area contributed by atoms with Crippen LogP contribution in [0, 0.1) is 17.3 Å². The van der Waals surface area contributed by atoms with Gasteiger partial charge in [-0.1, -0.05) is 13.8 Å². The molecular formula is C21H31NO2. The summed E-state index contributed by atoms with van der Waals surface area (Å²) in [4.78, 5) is 0. The quantitative estimate of drug-likeness (QED) is 0.671. The zero-order valence-corrected chi connectivity index (χ0v) is 15.4. The van der Waals surface area contributed by atoms with Gasteiger partial charge in [-0.05, 0) is 81.4 Å². The van der Waals surface area contributed by atoms with Crippen LogP contribution in [0.1, 0.15) is 64.5 Å². The summed E-state index contributed by atoms with van der Waals surface area (Å²) in [5.74, 6) is 1.67. The monoisotopic (exact) mass is 329 g/mol. The Morgan fingerprint density at radius 2 is 1.79 bits per heavy atom. The summed E-state index contributed by atoms with van der Waals surface area (Å²) in [7, 11) is 0. The first-order valence-corrected chi connectivity index (χ1v) is 9.49. The Bertz CT molecular complexity index is 683. The first-order chi connectivity index (χ1) is 11.2. The third-order valence-electron chi connectivity index (χ3n) is 7.84. The summed E-state index contributed by atoms with van der Waals surface area (Å²) in [5.41, 5.74) is 2.72. The second-order valence-corrected chi connectivity index (χ2v) is 9.52. The van der Waals surface area contributed by atoms with Gasteiger partial charge in [0.2, 0.25) is 0 Å². The number of benzene rings is 1. The number of fused-ring (bicyclic) bond motifs is 5. The largest absolute Gasteiger partial charge is 0.508 e. The van der Waals surface area contributed by atoms with E-state index in [2.05, 4.69) is 33.0 Å². The number of phenolic OH excluding ortho intramolecular Hbond substituents is 2. The van der Waals surface area contributed by atoms with E-state index in [9.17, 15) is 10.2 Å². The maximum Gasteiger partial charge on any atom is 0.123 e. The predicted octanol–water partition coefficient (Wildman–Crippen LogP) is 4.11. The van der Waals surface area contributed by atoms with Crippen molar-refractivity contribution in [1.82, 2.24) is 5.32 Å². The third kappa shape index (κ3) is 2.00. The summed E-state index contributed by atoms with van der Waals surface area (Å²) in [6, 6.07) is 3.41. The Labute approximate surface area is 145 Å². The van der Waals surface area contributed by atoms with Crippen molar-refractivity contribution in [3.8, 4) is 11.5 Å². The van der Waals surface area contributed by atoms with E-state index in [0.717, 1.165) is 30.5 Å². The first kappa shape index (κ1) is 16.3. The summed E-state index contributed by atoms with van der Waals surface area (Å²) >= 11 is 0. The van der Waals surface area contributed by atoms with E-state index in [1.165, 1.54) is 25.3 Å². The lowest BCUT2D eigenvalue weighted by Gasteiger charge is -2.57. The SMILES string of the molecule is CC1(C)NCCC[C@]2(C)[C@@H]1CC[C@]1(C)c3c(O)cc(O)cc3C[C@@H]21. The molecule has 3 nitrogen and oxygen atoms in total. The molecule has 1 saturated carbocycles. The fraction of sp³-hybridized carbons (Fsp3) is 0.714. The van der Waals surface area contributed by atoms with Gasteiger partial charge in [-0.25, -0.2) is 0 Å². The van der Waals surface area contributed by atoms with E-state index in [0.29, 0.717) is 17.6 Å². The standard InChI is InChI=1S/C21H31NO2/c1-19(2)16-6-8-21(4)17(20(16,3)7-5-9-22-19)11-13-10-14(23)12-15(24)18(13)21/h10,12,16-17,22-24H,5-9,11H2,1-4H3/t16-,17+,20-,21+/m1/s1. The number of aromatic hydroxyl groups is 2. The lowest BCUT2D eigenvalue weighted by Crippen LogP contribution is -2.57. The van der Waals surface area contributed by atoms with E-state index in [-0.39, 0.29) is 22.1 Å². The van der Waals surface area contributed by atoms with Gasteiger partial charge in [0, 0.05) is 22.6 Å². The molecule has 0 amide bonds. The van der Waals surface area contributed by atoms with Gasteiger partial charge in [-0.2, -0.15) is 0 Å². The highest BCUT2D eigenvalue weighted by atomic mass is 16.3. The Balaban J connectivity index is 1.84. The highest BCUT2D eigenvalue weighted by molar-refractivity contribution is 5.54. The third-order valence-corrected chi connectivity index (χ3v) is 7.84. The van der Waals surface area contributed by atoms with E-state index < -0.39 is 0 Å². The normalized spacial score (nSPS) is 40.3. The van der Waals surface area contributed by atoms with Gasteiger partial charge in [0.1, 0.15) is 11.5 Å². The van der Waals surface area contributed by atoms with Crippen LogP contribution in [0.2, 0.25) is 0 Å². The molecule has 132 valence electrons. The Morgan fingerprint density at radius 1 is 1.04 bits per heavy atom. The summed E-state index contributed by atoms with van der Waals surface area (Å²) < 4.78 is 0. The zero-order valence-electron chi connectivity index (χ0n) is 15.4. The van der Waals surface area contributed by atoms with Gasteiger partial charge in [0.05, 0.1) is 0 Å². The number of hydrogen-bond donors (Lipinski definition) is 3. The van der Waals surface area contributed by atoms with Crippen LogP contribution in [0.15, 0.2) is 12.1 Å². The van der Waals surface area contributed by atoms with Crippen LogP contribution in [0.25, 0.3) is 0 Å². The van der Waals surface area contributed by atoms with E-state index >= 15 is 0 Å². The lowest BCUT2D eigenvalue weighted by atomic mass is 9.48. The molecule has 3 N–H and O–H groups in total. The van der Waals surface area contributed by atoms with Crippen molar-refractivity contribution >= 4 is 0 Å². The van der Waals surface area contributed by atoms with Gasteiger partial charge in [0.15, 0.2) is 0 Å². The molecule has 3 aliphatic rings. The van der Waals surface area contributed by atoms with Crippen LogP contribution in [0.3, 0.4) is 0 Å². The number of phenols is 2. The molecule has 3 heteroatoms. The van der Waals surface area contributed by atoms with Crippen molar-refractivity contribution in [1.29, 1.82) is 0 Å². The second kappa shape index (κ2) is 4.91. The van der Waals surface area contributed by atoms with Gasteiger partial charge in [0.25, 0.3) is 0 Å². The maximum absolute atomic E-state index is 10.6. The lowest BCUT2D eigenvalue weighted by molar-refractivity contribution is -0.0421. The summed E-state index contributed by atoms with van der Waals surface area (Å²) in [6.45, 7) is 10.7. The highest BCUT2D eigenvalue weighted by Gasteiger charge is 2.60. The molecule has 1 aromatic carbocycles. The molecule has 1 heterocycles. The van der Waals surface area contributed by atoms with Crippen molar-refractivity contribution in [3.05, 3.63) is 23.3 Å². The molecule has 2 aliphatic carbocycles. The molecule has 0 spiro atoms. The van der Waals surface area contributed by atoms with Crippen molar-refractivity contribution in [2.75, 3.05) is 6.54 Å². The average molecular weight is 329 g/mol. The van der Waals surface area contributed by atoms with Crippen LogP contribution in [-0.4, -0.2) is 22.3 Å². The van der Waals surface area contributed by atoms with Crippen LogP contribution in [0.4, 0.5) is 0 Å². The van der Waals surface area contributed by atoms with Crippen LogP contribution < -0.4 is 5.32 Å². The molecule has 1 aliphatic heterocycles. The maximum atomic E-state index is 10.6. The predicted molar refractivity (Wildman–Crippen MR) is 96.5 cm³/mol. The number of hydrogen-bond acceptors (Lipinski definition) is 3. The average Bonchev–Trinajstić information content (AvgIpc) is 2.71. The summed E-state index contributed by atoms with van der Waals surface area (Å²) in [5, 5.41) is 24.3. The Kier molecular flexibility index (Phi) is 3.32. The number of rotatable bonds is 0. The van der Waals surface area contributed by atoms with Crippen molar-refractivity contribution in [2.24, 2.45) is 17.3 Å². The zero-order chi connectivity index (χ0) is 17.3. The van der Waals surface area contributed by atoms with Crippen molar-refractivity contribution in [3.63, 3.8) is 0 Å². The number of nitrogens with one attached hydrogen (secondary N) is 1. The molecule has 1 aromatic rings. The molecule has 0 bridgehead atoms.